The largest absolute Gasteiger partial charge is 0.377 e. The highest BCUT2D eigenvalue weighted by Gasteiger charge is 2.40. The van der Waals surface area contributed by atoms with Crippen LogP contribution < -0.4 is 15.8 Å². The lowest BCUT2D eigenvalue weighted by Gasteiger charge is -2.49. The number of piperazine rings is 1. The molecule has 2 unspecified atom stereocenters. The molecule has 48 heavy (non-hydrogen) atoms. The van der Waals surface area contributed by atoms with Crippen molar-refractivity contribution in [3.63, 3.8) is 0 Å². The Balaban J connectivity index is 1.63. The van der Waals surface area contributed by atoms with Crippen LogP contribution in [0.4, 0.5) is 20.2 Å². The Morgan fingerprint density at radius 1 is 1.04 bits per heavy atom. The molecule has 3 aromatic heterocycles. The second kappa shape index (κ2) is 11.5. The van der Waals surface area contributed by atoms with E-state index in [9.17, 15) is 9.59 Å². The monoisotopic (exact) mass is 652 g/mol. The molecule has 2 atom stereocenters. The topological polar surface area (TPSA) is 112 Å². The fourth-order valence-corrected chi connectivity index (χ4v) is 7.43. The van der Waals surface area contributed by atoms with E-state index in [1.807, 2.05) is 45.6 Å². The summed E-state index contributed by atoms with van der Waals surface area (Å²) in [5.41, 5.74) is 3.05. The highest BCUT2D eigenvalue weighted by atomic mass is 19.1. The molecule has 2 aliphatic heterocycles. The number of anilines is 2. The molecule has 2 aromatic carbocycles. The number of nitrogens with one attached hydrogen (secondary N) is 2. The fraction of sp³-hybridized carbons (Fsp3) is 0.361. The predicted molar refractivity (Wildman–Crippen MR) is 184 cm³/mol. The molecule has 0 radical (unpaired) electrons. The van der Waals surface area contributed by atoms with Crippen LogP contribution in [0.15, 0.2) is 48.2 Å². The number of aryl methyl sites for hydroxylation is 1. The molecule has 2 aliphatic rings. The van der Waals surface area contributed by atoms with Gasteiger partial charge in [0, 0.05) is 42.0 Å². The number of nitrogens with zero attached hydrogens (tertiary/aromatic N) is 6. The van der Waals surface area contributed by atoms with Gasteiger partial charge >= 0.3 is 0 Å². The molecule has 0 saturated carbocycles. The maximum Gasteiger partial charge on any atom is 0.281 e. The lowest BCUT2D eigenvalue weighted by molar-refractivity contribution is -0.128. The van der Waals surface area contributed by atoms with Crippen molar-refractivity contribution >= 4 is 39.1 Å². The first kappa shape index (κ1) is 31.5. The van der Waals surface area contributed by atoms with Crippen LogP contribution >= 0.6 is 0 Å². The molecular weight excluding hydrogens is 614 g/mol. The Morgan fingerprint density at radius 3 is 2.42 bits per heavy atom. The second-order valence-electron chi connectivity index (χ2n) is 13.4. The third-order valence-electron chi connectivity index (χ3n) is 9.70. The number of H-pyrrole nitrogens is 1. The van der Waals surface area contributed by atoms with Crippen LogP contribution in [-0.2, 0) is 4.79 Å². The maximum atomic E-state index is 17.7. The Bertz CT molecular complexity index is 2180. The zero-order chi connectivity index (χ0) is 34.2. The van der Waals surface area contributed by atoms with Gasteiger partial charge in [-0.3, -0.25) is 19.3 Å². The van der Waals surface area contributed by atoms with Crippen LogP contribution in [0.2, 0.25) is 0 Å². The number of benzene rings is 2. The Hall–Kier alpha value is -5.13. The summed E-state index contributed by atoms with van der Waals surface area (Å²) < 4.78 is 35.8. The van der Waals surface area contributed by atoms with E-state index in [0.29, 0.717) is 64.4 Å². The van der Waals surface area contributed by atoms with Crippen LogP contribution in [0.25, 0.3) is 38.6 Å². The average molecular weight is 653 g/mol. The van der Waals surface area contributed by atoms with E-state index in [0.717, 1.165) is 0 Å². The summed E-state index contributed by atoms with van der Waals surface area (Å²) in [6.45, 7) is 16.3. The number of carbonyl (C=O) groups is 1. The number of aromatic nitrogens is 5. The van der Waals surface area contributed by atoms with Gasteiger partial charge in [-0.05, 0) is 49.5 Å². The Kier molecular flexibility index (Phi) is 7.56. The number of pyridine rings is 1. The molecule has 7 rings (SSSR count). The average Bonchev–Trinajstić information content (AvgIpc) is 3.54. The summed E-state index contributed by atoms with van der Waals surface area (Å²) in [6.07, 6.45) is 4.32. The number of rotatable bonds is 5. The van der Waals surface area contributed by atoms with Crippen molar-refractivity contribution in [2.45, 2.75) is 65.5 Å². The van der Waals surface area contributed by atoms with E-state index >= 15 is 8.78 Å². The molecule has 5 aromatic rings. The molecule has 10 nitrogen and oxygen atoms in total. The van der Waals surface area contributed by atoms with Gasteiger partial charge in [-0.15, -0.1) is 0 Å². The van der Waals surface area contributed by atoms with Gasteiger partial charge in [0.15, 0.2) is 5.82 Å². The van der Waals surface area contributed by atoms with E-state index in [4.69, 9.17) is 0 Å². The van der Waals surface area contributed by atoms with Gasteiger partial charge in [0.05, 0.1) is 51.6 Å². The van der Waals surface area contributed by atoms with Crippen LogP contribution in [0, 0.1) is 18.6 Å². The van der Waals surface area contributed by atoms with Crippen LogP contribution in [0.3, 0.4) is 0 Å². The van der Waals surface area contributed by atoms with Gasteiger partial charge in [0.25, 0.3) is 5.56 Å². The Morgan fingerprint density at radius 2 is 1.75 bits per heavy atom. The quantitative estimate of drug-likeness (QED) is 0.218. The van der Waals surface area contributed by atoms with Crippen LogP contribution in [0.5, 0.6) is 0 Å². The molecule has 2 N–H and O–H groups in total. The van der Waals surface area contributed by atoms with E-state index in [1.165, 1.54) is 23.0 Å². The van der Waals surface area contributed by atoms with Crippen molar-refractivity contribution in [1.82, 2.24) is 29.6 Å². The van der Waals surface area contributed by atoms with Gasteiger partial charge < -0.3 is 15.1 Å². The standard InChI is InChI=1S/C36H38F2N8O2/c1-8-26(47)44-15-21-12-39-32-34(45(21)14-20(44)7)22-11-24(37)28(27-19(6)9-10-25-23(27)13-42-43-25)29(38)33(22)46(36(32)48)35-30(17(2)3)40-16-41-31(35)18(4)5/h8-11,13,16-18,20-21,39H,1,12,14-15H2,2-7H3,(H,42,43). The molecule has 5 heterocycles. The van der Waals surface area contributed by atoms with Gasteiger partial charge in [-0.25, -0.2) is 18.7 Å². The molecule has 0 bridgehead atoms. The minimum Gasteiger partial charge on any atom is -0.377 e. The van der Waals surface area contributed by atoms with Gasteiger partial charge in [-0.2, -0.15) is 5.10 Å². The minimum absolute atomic E-state index is 0.0617. The summed E-state index contributed by atoms with van der Waals surface area (Å²) >= 11 is 0. The molecule has 1 fully saturated rings. The summed E-state index contributed by atoms with van der Waals surface area (Å²) in [5.74, 6) is -2.11. The molecule has 0 aliphatic carbocycles. The third-order valence-corrected chi connectivity index (χ3v) is 9.70. The van der Waals surface area contributed by atoms with Gasteiger partial charge in [-0.1, -0.05) is 40.3 Å². The number of hydrogen-bond donors (Lipinski definition) is 2. The number of halogens is 2. The lowest BCUT2D eigenvalue weighted by Crippen LogP contribution is -2.62. The Labute approximate surface area is 276 Å². The summed E-state index contributed by atoms with van der Waals surface area (Å²) in [6, 6.07) is 4.45. The van der Waals surface area contributed by atoms with Gasteiger partial charge in [0.1, 0.15) is 17.8 Å². The number of amides is 1. The smallest absolute Gasteiger partial charge is 0.281 e. The van der Waals surface area contributed by atoms with Gasteiger partial charge in [0.2, 0.25) is 5.91 Å². The SMILES string of the molecule is C=CC(=O)N1CC2CNc3c(c4cc(F)c(-c5c(C)ccc6[nH]ncc56)c(F)c4n(-c4c(C(C)C)ncnc4C(C)C)c3=O)N2CC1C. The first-order chi connectivity index (χ1) is 22.9. The van der Waals surface area contributed by atoms with Crippen molar-refractivity contribution in [3.05, 3.63) is 82.3 Å². The summed E-state index contributed by atoms with van der Waals surface area (Å²) in [7, 11) is 0. The summed E-state index contributed by atoms with van der Waals surface area (Å²) in [5, 5.41) is 11.1. The normalized spacial score (nSPS) is 17.6. The zero-order valence-electron chi connectivity index (χ0n) is 27.9. The number of carbonyl (C=O) groups excluding carboxylic acids is 1. The zero-order valence-corrected chi connectivity index (χ0v) is 27.9. The summed E-state index contributed by atoms with van der Waals surface area (Å²) in [4.78, 5) is 40.6. The third kappa shape index (κ3) is 4.60. The van der Waals surface area contributed by atoms with Crippen molar-refractivity contribution in [3.8, 4) is 16.8 Å². The van der Waals surface area contributed by atoms with Crippen LogP contribution in [0.1, 0.15) is 63.4 Å². The highest BCUT2D eigenvalue weighted by molar-refractivity contribution is 6.05. The van der Waals surface area contributed by atoms with Crippen molar-refractivity contribution < 1.29 is 13.6 Å². The fourth-order valence-electron chi connectivity index (χ4n) is 7.43. The lowest BCUT2D eigenvalue weighted by atomic mass is 9.92. The first-order valence-electron chi connectivity index (χ1n) is 16.3. The van der Waals surface area contributed by atoms with Crippen molar-refractivity contribution in [2.24, 2.45) is 0 Å². The molecule has 1 saturated heterocycles. The van der Waals surface area contributed by atoms with Crippen LogP contribution in [-0.4, -0.2) is 67.3 Å². The first-order valence-corrected chi connectivity index (χ1v) is 16.3. The number of fused-ring (bicyclic) bond motifs is 6. The van der Waals surface area contributed by atoms with Crippen molar-refractivity contribution in [2.75, 3.05) is 29.9 Å². The van der Waals surface area contributed by atoms with E-state index in [-0.39, 0.29) is 52.0 Å². The molecule has 1 amide bonds. The maximum absolute atomic E-state index is 17.7. The highest BCUT2D eigenvalue weighted by Crippen LogP contribution is 2.45. The van der Waals surface area contributed by atoms with E-state index in [2.05, 4.69) is 32.1 Å². The van der Waals surface area contributed by atoms with Crippen molar-refractivity contribution in [1.29, 1.82) is 0 Å². The minimum atomic E-state index is -0.870. The van der Waals surface area contributed by atoms with E-state index in [1.54, 1.807) is 24.1 Å². The molecule has 12 heteroatoms. The molecule has 0 spiro atoms. The van der Waals surface area contributed by atoms with E-state index < -0.39 is 17.2 Å². The molecule has 248 valence electrons. The second-order valence-corrected chi connectivity index (χ2v) is 13.4. The predicted octanol–water partition coefficient (Wildman–Crippen LogP) is 6.17. The number of hydrogen-bond acceptors (Lipinski definition) is 7. The molecular formula is C36H38F2N8O2. The number of aromatic amines is 1.